The first-order valence-electron chi connectivity index (χ1n) is 8.60. The van der Waals surface area contributed by atoms with Crippen LogP contribution in [0.15, 0.2) is 0 Å². The lowest BCUT2D eigenvalue weighted by Gasteiger charge is -2.26. The van der Waals surface area contributed by atoms with E-state index in [0.29, 0.717) is 12.8 Å². The number of ether oxygens (including phenoxy) is 4. The Bertz CT molecular complexity index is 503. The van der Waals surface area contributed by atoms with Crippen LogP contribution >= 0.6 is 0 Å². The van der Waals surface area contributed by atoms with Crippen LogP contribution in [0.5, 0.6) is 0 Å². The van der Waals surface area contributed by atoms with Gasteiger partial charge in [-0.3, -0.25) is 9.59 Å². The SMILES string of the molecule is CC(C)(CCO)OC(=O)CNCC(C)(C)C(=O)OCCC1COC(=O)O1. The van der Waals surface area contributed by atoms with E-state index in [4.69, 9.17) is 19.3 Å². The Morgan fingerprint density at radius 2 is 2.00 bits per heavy atom. The number of esters is 2. The van der Waals surface area contributed by atoms with Crippen molar-refractivity contribution in [2.75, 3.05) is 32.9 Å². The lowest BCUT2D eigenvalue weighted by Crippen LogP contribution is -2.41. The predicted molar refractivity (Wildman–Crippen MR) is 90.3 cm³/mol. The first-order valence-corrected chi connectivity index (χ1v) is 8.60. The molecule has 0 aromatic carbocycles. The third kappa shape index (κ3) is 8.01. The molecule has 0 bridgehead atoms. The van der Waals surface area contributed by atoms with Gasteiger partial charge < -0.3 is 29.4 Å². The summed E-state index contributed by atoms with van der Waals surface area (Å²) in [4.78, 5) is 34.7. The molecular formula is C17H29NO8. The Kier molecular flexibility index (Phi) is 8.29. The van der Waals surface area contributed by atoms with Crippen LogP contribution < -0.4 is 5.32 Å². The summed E-state index contributed by atoms with van der Waals surface area (Å²) in [5.41, 5.74) is -1.58. The Labute approximate surface area is 153 Å². The van der Waals surface area contributed by atoms with Gasteiger partial charge in [-0.2, -0.15) is 0 Å². The van der Waals surface area contributed by atoms with Crippen molar-refractivity contribution < 1.29 is 38.4 Å². The van der Waals surface area contributed by atoms with Gasteiger partial charge >= 0.3 is 18.1 Å². The van der Waals surface area contributed by atoms with E-state index in [9.17, 15) is 14.4 Å². The van der Waals surface area contributed by atoms with Gasteiger partial charge in [0.2, 0.25) is 0 Å². The second-order valence-corrected chi connectivity index (χ2v) is 7.42. The fourth-order valence-electron chi connectivity index (χ4n) is 2.20. The van der Waals surface area contributed by atoms with E-state index in [1.54, 1.807) is 27.7 Å². The Balaban J connectivity index is 2.26. The van der Waals surface area contributed by atoms with Crippen molar-refractivity contribution in [1.29, 1.82) is 0 Å². The number of cyclic esters (lactones) is 2. The second kappa shape index (κ2) is 9.72. The summed E-state index contributed by atoms with van der Waals surface area (Å²) in [6, 6.07) is 0. The summed E-state index contributed by atoms with van der Waals surface area (Å²) < 4.78 is 19.9. The monoisotopic (exact) mass is 375 g/mol. The average Bonchev–Trinajstić information content (AvgIpc) is 2.91. The topological polar surface area (TPSA) is 120 Å². The van der Waals surface area contributed by atoms with Crippen LogP contribution in [0.3, 0.4) is 0 Å². The highest BCUT2D eigenvalue weighted by molar-refractivity contribution is 5.76. The molecule has 1 aliphatic heterocycles. The molecule has 9 nitrogen and oxygen atoms in total. The lowest BCUT2D eigenvalue weighted by atomic mass is 9.94. The molecule has 1 aliphatic rings. The van der Waals surface area contributed by atoms with Crippen molar-refractivity contribution in [2.45, 2.75) is 52.2 Å². The molecule has 0 aromatic rings. The zero-order valence-corrected chi connectivity index (χ0v) is 15.8. The van der Waals surface area contributed by atoms with E-state index in [-0.39, 0.29) is 32.9 Å². The quantitative estimate of drug-likeness (QED) is 0.398. The molecule has 0 saturated carbocycles. The molecule has 0 radical (unpaired) electrons. The van der Waals surface area contributed by atoms with Gasteiger partial charge in [0.25, 0.3) is 0 Å². The summed E-state index contributed by atoms with van der Waals surface area (Å²) in [7, 11) is 0. The van der Waals surface area contributed by atoms with Crippen LogP contribution in [-0.4, -0.2) is 67.8 Å². The predicted octanol–water partition coefficient (Wildman–Crippen LogP) is 0.775. The number of nitrogens with one attached hydrogen (secondary N) is 1. The van der Waals surface area contributed by atoms with Gasteiger partial charge in [0.15, 0.2) is 0 Å². The molecule has 1 rings (SSSR count). The normalized spacial score (nSPS) is 17.4. The zero-order valence-electron chi connectivity index (χ0n) is 15.8. The molecule has 9 heteroatoms. The van der Waals surface area contributed by atoms with E-state index in [1.165, 1.54) is 0 Å². The molecule has 1 unspecified atom stereocenters. The molecule has 2 N–H and O–H groups in total. The van der Waals surface area contributed by atoms with Gasteiger partial charge in [0.1, 0.15) is 18.3 Å². The van der Waals surface area contributed by atoms with Crippen LogP contribution in [-0.2, 0) is 28.5 Å². The van der Waals surface area contributed by atoms with Gasteiger partial charge in [-0.15, -0.1) is 0 Å². The highest BCUT2D eigenvalue weighted by Crippen LogP contribution is 2.18. The number of rotatable bonds is 11. The number of hydrogen-bond donors (Lipinski definition) is 2. The van der Waals surface area contributed by atoms with E-state index in [1.807, 2.05) is 0 Å². The minimum atomic E-state index is -0.844. The first-order chi connectivity index (χ1) is 12.1. The van der Waals surface area contributed by atoms with E-state index in [0.717, 1.165) is 0 Å². The Hall–Kier alpha value is -1.87. The molecule has 1 atom stereocenters. The van der Waals surface area contributed by atoms with Crippen LogP contribution in [0.1, 0.15) is 40.5 Å². The van der Waals surface area contributed by atoms with Gasteiger partial charge in [-0.1, -0.05) is 0 Å². The van der Waals surface area contributed by atoms with Gasteiger partial charge in [-0.05, 0) is 27.7 Å². The fraction of sp³-hybridized carbons (Fsp3) is 0.824. The molecule has 1 saturated heterocycles. The number of carbonyl (C=O) groups is 3. The van der Waals surface area contributed by atoms with Crippen molar-refractivity contribution in [3.63, 3.8) is 0 Å². The highest BCUT2D eigenvalue weighted by Gasteiger charge is 2.31. The minimum absolute atomic E-state index is 0.0546. The van der Waals surface area contributed by atoms with Crippen LogP contribution in [0.25, 0.3) is 0 Å². The van der Waals surface area contributed by atoms with Gasteiger partial charge in [-0.25, -0.2) is 4.79 Å². The third-order valence-corrected chi connectivity index (χ3v) is 3.82. The molecule has 0 spiro atoms. The molecular weight excluding hydrogens is 346 g/mol. The van der Waals surface area contributed by atoms with E-state index >= 15 is 0 Å². The molecule has 0 aliphatic carbocycles. The molecule has 0 aromatic heterocycles. The maximum Gasteiger partial charge on any atom is 0.508 e. The van der Waals surface area contributed by atoms with Crippen LogP contribution in [0, 0.1) is 5.41 Å². The third-order valence-electron chi connectivity index (χ3n) is 3.82. The fourth-order valence-corrected chi connectivity index (χ4v) is 2.20. The number of aliphatic hydroxyl groups is 1. The smallest absolute Gasteiger partial charge is 0.465 e. The molecule has 0 amide bonds. The largest absolute Gasteiger partial charge is 0.508 e. The van der Waals surface area contributed by atoms with Crippen molar-refractivity contribution in [2.24, 2.45) is 5.41 Å². The summed E-state index contributed by atoms with van der Waals surface area (Å²) in [5.74, 6) is -0.889. The summed E-state index contributed by atoms with van der Waals surface area (Å²) in [5, 5.41) is 11.8. The van der Waals surface area contributed by atoms with E-state index in [2.05, 4.69) is 10.1 Å². The number of hydrogen-bond acceptors (Lipinski definition) is 9. The molecule has 1 heterocycles. The van der Waals surface area contributed by atoms with Crippen molar-refractivity contribution in [3.05, 3.63) is 0 Å². The Morgan fingerprint density at radius 1 is 1.31 bits per heavy atom. The zero-order chi connectivity index (χ0) is 19.8. The Morgan fingerprint density at radius 3 is 2.58 bits per heavy atom. The first kappa shape index (κ1) is 22.2. The standard InChI is InChI=1S/C17H29NO8/c1-16(2,11-18-9-13(20)26-17(3,4)6-7-19)14(21)23-8-5-12-10-24-15(22)25-12/h12,18-19H,5-11H2,1-4H3. The van der Waals surface area contributed by atoms with E-state index < -0.39 is 35.2 Å². The second-order valence-electron chi connectivity index (χ2n) is 7.42. The number of carbonyl (C=O) groups excluding carboxylic acids is 3. The minimum Gasteiger partial charge on any atom is -0.465 e. The van der Waals surface area contributed by atoms with Crippen molar-refractivity contribution in [1.82, 2.24) is 5.32 Å². The molecule has 26 heavy (non-hydrogen) atoms. The summed E-state index contributed by atoms with van der Waals surface area (Å²) >= 11 is 0. The van der Waals surface area contributed by atoms with Crippen LogP contribution in [0.2, 0.25) is 0 Å². The lowest BCUT2D eigenvalue weighted by molar-refractivity contribution is -0.158. The average molecular weight is 375 g/mol. The maximum absolute atomic E-state index is 12.1. The van der Waals surface area contributed by atoms with Gasteiger partial charge in [0, 0.05) is 26.0 Å². The number of aliphatic hydroxyl groups excluding tert-OH is 1. The summed E-state index contributed by atoms with van der Waals surface area (Å²) in [6.07, 6.45) is -0.390. The maximum atomic E-state index is 12.1. The highest BCUT2D eigenvalue weighted by atomic mass is 16.8. The molecule has 1 fully saturated rings. The van der Waals surface area contributed by atoms with Gasteiger partial charge in [0.05, 0.1) is 18.6 Å². The molecule has 150 valence electrons. The van der Waals surface area contributed by atoms with Crippen LogP contribution in [0.4, 0.5) is 4.79 Å². The van der Waals surface area contributed by atoms with Crippen molar-refractivity contribution in [3.8, 4) is 0 Å². The summed E-state index contributed by atoms with van der Waals surface area (Å²) in [6.45, 7) is 7.20. The van der Waals surface area contributed by atoms with Crippen molar-refractivity contribution >= 4 is 18.1 Å².